The summed E-state index contributed by atoms with van der Waals surface area (Å²) in [4.78, 5) is 33.8. The maximum Gasteiger partial charge on any atom is 0.324 e. The second kappa shape index (κ2) is 12.9. The van der Waals surface area contributed by atoms with Crippen LogP contribution in [0.15, 0.2) is 30.5 Å². The first kappa shape index (κ1) is 25.5. The first-order chi connectivity index (χ1) is 16.5. The number of benzene rings is 1. The maximum atomic E-state index is 12.5. The molecule has 2 N–H and O–H groups in total. The Labute approximate surface area is 201 Å². The lowest BCUT2D eigenvalue weighted by Crippen LogP contribution is -2.38. The zero-order valence-electron chi connectivity index (χ0n) is 20.3. The van der Waals surface area contributed by atoms with Crippen molar-refractivity contribution in [3.05, 3.63) is 36.0 Å². The number of carbonyl (C=O) groups is 2. The number of urea groups is 1. The number of ether oxygens (including phenoxy) is 1. The summed E-state index contributed by atoms with van der Waals surface area (Å²) in [5.74, 6) is 0.761. The van der Waals surface area contributed by atoms with Gasteiger partial charge in [-0.1, -0.05) is 44.7 Å². The number of amides is 2. The van der Waals surface area contributed by atoms with Crippen LogP contribution in [0.1, 0.15) is 63.9 Å². The van der Waals surface area contributed by atoms with Crippen molar-refractivity contribution < 1.29 is 19.4 Å². The molecule has 0 radical (unpaired) electrons. The van der Waals surface area contributed by atoms with Gasteiger partial charge in [0.1, 0.15) is 5.75 Å². The van der Waals surface area contributed by atoms with Crippen LogP contribution in [0.25, 0.3) is 11.3 Å². The Kier molecular flexibility index (Phi) is 9.67. The predicted octanol–water partition coefficient (Wildman–Crippen LogP) is 5.07. The van der Waals surface area contributed by atoms with Crippen molar-refractivity contribution in [1.29, 1.82) is 0 Å². The summed E-state index contributed by atoms with van der Waals surface area (Å²) >= 11 is 0. The Balaban J connectivity index is 1.67. The molecule has 1 aromatic carbocycles. The molecule has 1 aromatic heterocycles. The number of aliphatic carboxylic acids is 1. The second-order valence-electron chi connectivity index (χ2n) is 8.92. The molecular formula is C26H36N4O4. The molecule has 1 heterocycles. The quantitative estimate of drug-likeness (QED) is 0.375. The van der Waals surface area contributed by atoms with Crippen molar-refractivity contribution >= 4 is 17.9 Å². The van der Waals surface area contributed by atoms with Crippen molar-refractivity contribution in [2.45, 2.75) is 64.7 Å². The van der Waals surface area contributed by atoms with E-state index < -0.39 is 5.97 Å². The third-order valence-corrected chi connectivity index (χ3v) is 5.95. The van der Waals surface area contributed by atoms with Gasteiger partial charge in [0.15, 0.2) is 0 Å². The number of carboxylic acid groups (broad SMARTS) is 1. The van der Waals surface area contributed by atoms with E-state index in [0.29, 0.717) is 42.9 Å². The van der Waals surface area contributed by atoms with Crippen LogP contribution in [-0.4, -0.2) is 47.3 Å². The minimum atomic E-state index is -0.833. The number of rotatable bonds is 14. The fourth-order valence-electron chi connectivity index (χ4n) is 3.59. The average Bonchev–Trinajstić information content (AvgIpc) is 3.68. The molecule has 3 rings (SSSR count). The molecule has 0 saturated heterocycles. The average molecular weight is 469 g/mol. The topological polar surface area (TPSA) is 105 Å². The van der Waals surface area contributed by atoms with Crippen LogP contribution < -0.4 is 15.0 Å². The monoisotopic (exact) mass is 468 g/mol. The van der Waals surface area contributed by atoms with Crippen LogP contribution in [0.4, 0.5) is 10.7 Å². The van der Waals surface area contributed by atoms with Gasteiger partial charge in [-0.25, -0.2) is 14.8 Å². The van der Waals surface area contributed by atoms with Gasteiger partial charge < -0.3 is 15.2 Å². The van der Waals surface area contributed by atoms with E-state index in [1.165, 1.54) is 37.0 Å². The van der Waals surface area contributed by atoms with E-state index in [1.54, 1.807) is 19.3 Å². The molecule has 184 valence electrons. The molecule has 0 bridgehead atoms. The molecule has 1 saturated carbocycles. The van der Waals surface area contributed by atoms with Crippen molar-refractivity contribution in [1.82, 2.24) is 15.3 Å². The second-order valence-corrected chi connectivity index (χ2v) is 8.92. The molecular weight excluding hydrogens is 432 g/mol. The normalized spacial score (nSPS) is 12.9. The van der Waals surface area contributed by atoms with Gasteiger partial charge in [-0.3, -0.25) is 9.69 Å². The molecule has 0 unspecified atom stereocenters. The predicted molar refractivity (Wildman–Crippen MR) is 132 cm³/mol. The van der Waals surface area contributed by atoms with Crippen molar-refractivity contribution in [3.8, 4) is 17.0 Å². The molecule has 0 aliphatic heterocycles. The molecule has 1 aliphatic carbocycles. The van der Waals surface area contributed by atoms with Crippen LogP contribution >= 0.6 is 0 Å². The highest BCUT2D eigenvalue weighted by Gasteiger charge is 2.23. The number of carbonyl (C=O) groups excluding carboxylic acids is 1. The van der Waals surface area contributed by atoms with Gasteiger partial charge in [0.25, 0.3) is 0 Å². The number of carboxylic acids is 1. The van der Waals surface area contributed by atoms with E-state index in [-0.39, 0.29) is 12.5 Å². The molecule has 34 heavy (non-hydrogen) atoms. The number of anilines is 1. The molecule has 8 nitrogen and oxygen atoms in total. The van der Waals surface area contributed by atoms with Crippen LogP contribution in [0.3, 0.4) is 0 Å². The van der Waals surface area contributed by atoms with Gasteiger partial charge in [-0.2, -0.15) is 0 Å². The molecule has 0 atom stereocenters. The van der Waals surface area contributed by atoms with Gasteiger partial charge in [0.2, 0.25) is 5.95 Å². The van der Waals surface area contributed by atoms with E-state index in [2.05, 4.69) is 22.2 Å². The largest absolute Gasteiger partial charge is 0.493 e. The third-order valence-electron chi connectivity index (χ3n) is 5.95. The fourth-order valence-corrected chi connectivity index (χ4v) is 3.59. The standard InChI is InChI=1S/C26H36N4O4/c1-3-4-5-6-7-15-28-26(33)30(2)25-27-16-14-22(29-25)21-11-10-20(12-13-24(31)32)23(17-21)34-18-19-8-9-19/h10-11,14,16-17,19H,3-9,12-13,15,18H2,1-2H3,(H,28,33)(H,31,32). The van der Waals surface area contributed by atoms with Gasteiger partial charge in [0.05, 0.1) is 12.3 Å². The summed E-state index contributed by atoms with van der Waals surface area (Å²) < 4.78 is 6.04. The minimum absolute atomic E-state index is 0.0509. The van der Waals surface area contributed by atoms with E-state index in [1.807, 2.05) is 18.2 Å². The highest BCUT2D eigenvalue weighted by atomic mass is 16.5. The van der Waals surface area contributed by atoms with Crippen molar-refractivity contribution in [3.63, 3.8) is 0 Å². The third kappa shape index (κ3) is 8.01. The van der Waals surface area contributed by atoms with Crippen LogP contribution in [-0.2, 0) is 11.2 Å². The van der Waals surface area contributed by atoms with Gasteiger partial charge in [0, 0.05) is 31.8 Å². The Morgan fingerprint density at radius 3 is 2.71 bits per heavy atom. The molecule has 8 heteroatoms. The zero-order chi connectivity index (χ0) is 24.3. The highest BCUT2D eigenvalue weighted by molar-refractivity contribution is 5.89. The molecule has 2 aromatic rings. The lowest BCUT2D eigenvalue weighted by atomic mass is 10.0. The Morgan fingerprint density at radius 2 is 1.97 bits per heavy atom. The maximum absolute atomic E-state index is 12.5. The zero-order valence-corrected chi connectivity index (χ0v) is 20.3. The van der Waals surface area contributed by atoms with E-state index >= 15 is 0 Å². The highest BCUT2D eigenvalue weighted by Crippen LogP contribution is 2.32. The summed E-state index contributed by atoms with van der Waals surface area (Å²) in [6, 6.07) is 7.27. The lowest BCUT2D eigenvalue weighted by Gasteiger charge is -2.17. The molecule has 1 aliphatic rings. The lowest BCUT2D eigenvalue weighted by molar-refractivity contribution is -0.136. The first-order valence-electron chi connectivity index (χ1n) is 12.3. The summed E-state index contributed by atoms with van der Waals surface area (Å²) in [6.45, 7) is 3.45. The summed E-state index contributed by atoms with van der Waals surface area (Å²) in [6.07, 6.45) is 10.1. The number of hydrogen-bond donors (Lipinski definition) is 2. The SMILES string of the molecule is CCCCCCCNC(=O)N(C)c1nccc(-c2ccc(CCC(=O)O)c(OCC3CC3)c2)n1. The van der Waals surface area contributed by atoms with E-state index in [0.717, 1.165) is 24.0 Å². The van der Waals surface area contributed by atoms with Crippen molar-refractivity contribution in [2.24, 2.45) is 5.92 Å². The van der Waals surface area contributed by atoms with Gasteiger partial charge in [-0.15, -0.1) is 0 Å². The van der Waals surface area contributed by atoms with Crippen LogP contribution in [0.5, 0.6) is 5.75 Å². The number of aromatic nitrogens is 2. The summed E-state index contributed by atoms with van der Waals surface area (Å²) in [7, 11) is 1.66. The Morgan fingerprint density at radius 1 is 1.18 bits per heavy atom. The van der Waals surface area contributed by atoms with Gasteiger partial charge in [-0.05, 0) is 49.3 Å². The van der Waals surface area contributed by atoms with E-state index in [9.17, 15) is 9.59 Å². The molecule has 0 spiro atoms. The number of nitrogens with zero attached hydrogens (tertiary/aromatic N) is 3. The molecule has 2 amide bonds. The summed E-state index contributed by atoms with van der Waals surface area (Å²) in [5, 5.41) is 12.0. The number of nitrogens with one attached hydrogen (secondary N) is 1. The Hall–Kier alpha value is -3.16. The fraction of sp³-hybridized carbons (Fsp3) is 0.538. The van der Waals surface area contributed by atoms with E-state index in [4.69, 9.17) is 9.84 Å². The Bertz CT molecular complexity index is 962. The number of hydrogen-bond acceptors (Lipinski definition) is 5. The number of aryl methyl sites for hydroxylation is 1. The smallest absolute Gasteiger partial charge is 0.324 e. The van der Waals surface area contributed by atoms with Crippen molar-refractivity contribution in [2.75, 3.05) is 25.1 Å². The minimum Gasteiger partial charge on any atom is -0.493 e. The van der Waals surface area contributed by atoms with Gasteiger partial charge >= 0.3 is 12.0 Å². The van der Waals surface area contributed by atoms with Crippen LogP contribution in [0, 0.1) is 5.92 Å². The molecule has 1 fully saturated rings. The first-order valence-corrected chi connectivity index (χ1v) is 12.3. The summed E-state index contributed by atoms with van der Waals surface area (Å²) in [5.41, 5.74) is 2.38. The number of unbranched alkanes of at least 4 members (excludes halogenated alkanes) is 4. The van der Waals surface area contributed by atoms with Crippen LogP contribution in [0.2, 0.25) is 0 Å².